The summed E-state index contributed by atoms with van der Waals surface area (Å²) >= 11 is 0. The van der Waals surface area contributed by atoms with Crippen molar-refractivity contribution in [1.82, 2.24) is 0 Å². The second kappa shape index (κ2) is 5.72. The number of benzene rings is 1. The first-order valence-corrected chi connectivity index (χ1v) is 7.14. The fourth-order valence-electron chi connectivity index (χ4n) is 1.26. The van der Waals surface area contributed by atoms with Crippen LogP contribution in [0.1, 0.15) is 17.3 Å². The Labute approximate surface area is 105 Å². The number of sulfone groups is 1. The highest BCUT2D eigenvalue weighted by Crippen LogP contribution is 2.21. The molecule has 1 aromatic rings. The number of nitrogens with two attached hydrogens (primary N) is 1. The normalized spacial score (nSPS) is 11.2. The van der Waals surface area contributed by atoms with Crippen molar-refractivity contribution >= 4 is 21.5 Å². The van der Waals surface area contributed by atoms with E-state index in [2.05, 4.69) is 0 Å². The minimum atomic E-state index is -3.13. The number of carboxylic acids is 1. The molecule has 0 radical (unpaired) electrons. The van der Waals surface area contributed by atoms with Gasteiger partial charge in [0, 0.05) is 11.4 Å². The lowest BCUT2D eigenvalue weighted by Crippen LogP contribution is -2.16. The van der Waals surface area contributed by atoms with Crippen LogP contribution in [-0.2, 0) is 9.84 Å². The second-order valence-electron chi connectivity index (χ2n) is 3.65. The van der Waals surface area contributed by atoms with Gasteiger partial charge < -0.3 is 15.6 Å². The SMILES string of the molecule is CCS(=O)(=O)CCOc1ccc(N)cc1C(=O)O. The van der Waals surface area contributed by atoms with Crippen molar-refractivity contribution in [2.24, 2.45) is 0 Å². The Bertz CT molecular complexity index is 538. The molecular formula is C11H15NO5S. The first-order valence-electron chi connectivity index (χ1n) is 5.32. The maximum atomic E-state index is 11.2. The first-order chi connectivity index (χ1) is 8.35. The Morgan fingerprint density at radius 2 is 2.11 bits per heavy atom. The standard InChI is InChI=1S/C11H15NO5S/c1-2-18(15,16)6-5-17-10-4-3-8(12)7-9(10)11(13)14/h3-4,7H,2,5-6,12H2,1H3,(H,13,14). The summed E-state index contributed by atoms with van der Waals surface area (Å²) in [4.78, 5) is 10.9. The molecule has 0 aliphatic carbocycles. The number of anilines is 1. The van der Waals surface area contributed by atoms with E-state index in [-0.39, 0.29) is 29.4 Å². The molecule has 7 heteroatoms. The molecule has 0 heterocycles. The summed E-state index contributed by atoms with van der Waals surface area (Å²) in [5, 5.41) is 8.94. The third-order valence-electron chi connectivity index (χ3n) is 2.33. The molecule has 6 nitrogen and oxygen atoms in total. The number of rotatable bonds is 6. The third kappa shape index (κ3) is 3.92. The van der Waals surface area contributed by atoms with E-state index in [0.717, 1.165) is 0 Å². The molecule has 0 saturated carbocycles. The van der Waals surface area contributed by atoms with Gasteiger partial charge >= 0.3 is 5.97 Å². The van der Waals surface area contributed by atoms with Crippen LogP contribution in [0.25, 0.3) is 0 Å². The van der Waals surface area contributed by atoms with E-state index < -0.39 is 15.8 Å². The monoisotopic (exact) mass is 273 g/mol. The minimum Gasteiger partial charge on any atom is -0.492 e. The van der Waals surface area contributed by atoms with Gasteiger partial charge in [0.2, 0.25) is 0 Å². The Kier molecular flexibility index (Phi) is 4.55. The molecule has 0 fully saturated rings. The lowest BCUT2D eigenvalue weighted by molar-refractivity contribution is 0.0692. The van der Waals surface area contributed by atoms with Crippen molar-refractivity contribution in [3.63, 3.8) is 0 Å². The molecule has 18 heavy (non-hydrogen) atoms. The zero-order chi connectivity index (χ0) is 13.8. The van der Waals surface area contributed by atoms with E-state index in [1.165, 1.54) is 18.2 Å². The number of carbonyl (C=O) groups is 1. The van der Waals surface area contributed by atoms with Crippen molar-refractivity contribution < 1.29 is 23.1 Å². The van der Waals surface area contributed by atoms with Gasteiger partial charge in [-0.1, -0.05) is 6.92 Å². The molecular weight excluding hydrogens is 258 g/mol. The predicted molar refractivity (Wildman–Crippen MR) is 67.6 cm³/mol. The summed E-state index contributed by atoms with van der Waals surface area (Å²) in [5.74, 6) is -1.17. The topological polar surface area (TPSA) is 107 Å². The molecule has 0 atom stereocenters. The van der Waals surface area contributed by atoms with Crippen LogP contribution in [0, 0.1) is 0 Å². The molecule has 0 aliphatic rings. The highest BCUT2D eigenvalue weighted by molar-refractivity contribution is 7.91. The summed E-state index contributed by atoms with van der Waals surface area (Å²) in [5.41, 5.74) is 5.70. The molecule has 0 bridgehead atoms. The van der Waals surface area contributed by atoms with E-state index in [9.17, 15) is 13.2 Å². The van der Waals surface area contributed by atoms with E-state index in [4.69, 9.17) is 15.6 Å². The number of carboxylic acid groups (broad SMARTS) is 1. The van der Waals surface area contributed by atoms with Crippen LogP contribution < -0.4 is 10.5 Å². The summed E-state index contributed by atoms with van der Waals surface area (Å²) < 4.78 is 27.7. The van der Waals surface area contributed by atoms with Crippen LogP contribution in [0.5, 0.6) is 5.75 Å². The van der Waals surface area contributed by atoms with E-state index in [1.807, 2.05) is 0 Å². The van der Waals surface area contributed by atoms with Crippen molar-refractivity contribution in [3.8, 4) is 5.75 Å². The molecule has 1 aromatic carbocycles. The van der Waals surface area contributed by atoms with Crippen molar-refractivity contribution in [2.75, 3.05) is 23.8 Å². The van der Waals surface area contributed by atoms with Crippen LogP contribution in [0.4, 0.5) is 5.69 Å². The van der Waals surface area contributed by atoms with Gasteiger partial charge in [0.15, 0.2) is 9.84 Å². The molecule has 0 amide bonds. The number of aromatic carboxylic acids is 1. The number of hydrogen-bond donors (Lipinski definition) is 2. The molecule has 0 aliphatic heterocycles. The first kappa shape index (κ1) is 14.3. The zero-order valence-electron chi connectivity index (χ0n) is 9.92. The summed E-state index contributed by atoms with van der Waals surface area (Å²) in [6.45, 7) is 1.46. The Balaban J connectivity index is 2.77. The maximum absolute atomic E-state index is 11.2. The predicted octanol–water partition coefficient (Wildman–Crippen LogP) is 0.780. The molecule has 0 aromatic heterocycles. The molecule has 0 unspecified atom stereocenters. The quantitative estimate of drug-likeness (QED) is 0.742. The van der Waals surface area contributed by atoms with Gasteiger partial charge in [0.05, 0.1) is 5.75 Å². The molecule has 1 rings (SSSR count). The summed E-state index contributed by atoms with van der Waals surface area (Å²) in [6.07, 6.45) is 0. The summed E-state index contributed by atoms with van der Waals surface area (Å²) in [7, 11) is -3.13. The smallest absolute Gasteiger partial charge is 0.339 e. The lowest BCUT2D eigenvalue weighted by Gasteiger charge is -2.09. The molecule has 0 saturated heterocycles. The van der Waals surface area contributed by atoms with Gasteiger partial charge in [-0.25, -0.2) is 13.2 Å². The highest BCUT2D eigenvalue weighted by Gasteiger charge is 2.13. The average molecular weight is 273 g/mol. The second-order valence-corrected chi connectivity index (χ2v) is 6.12. The minimum absolute atomic E-state index is 0.0316. The van der Waals surface area contributed by atoms with Crippen molar-refractivity contribution in [2.45, 2.75) is 6.92 Å². The van der Waals surface area contributed by atoms with Gasteiger partial charge in [-0.3, -0.25) is 0 Å². The highest BCUT2D eigenvalue weighted by atomic mass is 32.2. The van der Waals surface area contributed by atoms with Crippen LogP contribution >= 0.6 is 0 Å². The number of hydrogen-bond acceptors (Lipinski definition) is 5. The van der Waals surface area contributed by atoms with Gasteiger partial charge in [0.25, 0.3) is 0 Å². The molecule has 100 valence electrons. The van der Waals surface area contributed by atoms with Gasteiger partial charge in [-0.15, -0.1) is 0 Å². The van der Waals surface area contributed by atoms with Gasteiger partial charge in [-0.05, 0) is 18.2 Å². The van der Waals surface area contributed by atoms with Gasteiger partial charge in [-0.2, -0.15) is 0 Å². The lowest BCUT2D eigenvalue weighted by atomic mass is 10.2. The van der Waals surface area contributed by atoms with E-state index >= 15 is 0 Å². The van der Waals surface area contributed by atoms with Crippen LogP contribution in [0.3, 0.4) is 0 Å². The fraction of sp³-hybridized carbons (Fsp3) is 0.364. The van der Waals surface area contributed by atoms with Crippen LogP contribution in [0.2, 0.25) is 0 Å². The third-order valence-corrected chi connectivity index (χ3v) is 3.99. The Hall–Kier alpha value is -1.76. The van der Waals surface area contributed by atoms with Crippen LogP contribution in [0.15, 0.2) is 18.2 Å². The van der Waals surface area contributed by atoms with E-state index in [0.29, 0.717) is 5.69 Å². The fourth-order valence-corrected chi connectivity index (χ4v) is 1.89. The zero-order valence-corrected chi connectivity index (χ0v) is 10.7. The van der Waals surface area contributed by atoms with Crippen molar-refractivity contribution in [1.29, 1.82) is 0 Å². The maximum Gasteiger partial charge on any atom is 0.339 e. The number of nitrogen functional groups attached to an aromatic ring is 1. The number of ether oxygens (including phenoxy) is 1. The van der Waals surface area contributed by atoms with Crippen molar-refractivity contribution in [3.05, 3.63) is 23.8 Å². The Morgan fingerprint density at radius 1 is 1.44 bits per heavy atom. The van der Waals surface area contributed by atoms with Gasteiger partial charge in [0.1, 0.15) is 17.9 Å². The molecule has 0 spiro atoms. The molecule has 3 N–H and O–H groups in total. The van der Waals surface area contributed by atoms with Crippen LogP contribution in [-0.4, -0.2) is 37.6 Å². The van der Waals surface area contributed by atoms with E-state index in [1.54, 1.807) is 6.92 Å². The summed E-state index contributed by atoms with van der Waals surface area (Å²) in [6, 6.07) is 4.18. The largest absolute Gasteiger partial charge is 0.492 e. The Morgan fingerprint density at radius 3 is 2.67 bits per heavy atom. The average Bonchev–Trinajstić information content (AvgIpc) is 2.30.